The lowest BCUT2D eigenvalue weighted by atomic mass is 10.1. The molecule has 0 bridgehead atoms. The van der Waals surface area contributed by atoms with Gasteiger partial charge >= 0.3 is 12.1 Å². The van der Waals surface area contributed by atoms with Crippen molar-refractivity contribution in [2.75, 3.05) is 19.7 Å². The number of hydrogen-bond donors (Lipinski definition) is 0. The second kappa shape index (κ2) is 6.07. The number of carbonyl (C=O) groups is 1. The Morgan fingerprint density at radius 2 is 2.10 bits per heavy atom. The van der Waals surface area contributed by atoms with Crippen LogP contribution in [0, 0.1) is 5.92 Å². The summed E-state index contributed by atoms with van der Waals surface area (Å²) in [5.41, 5.74) is -0.455. The second-order valence-corrected chi connectivity index (χ2v) is 5.92. The van der Waals surface area contributed by atoms with Crippen LogP contribution in [0.15, 0.2) is 18.5 Å². The highest BCUT2D eigenvalue weighted by atomic mass is 16.6. The minimum Gasteiger partial charge on any atom is -0.463 e. The number of likely N-dealkylation sites (tertiary alicyclic amines) is 1. The van der Waals surface area contributed by atoms with E-state index in [4.69, 9.17) is 9.47 Å². The van der Waals surface area contributed by atoms with Crippen LogP contribution in [0.4, 0.5) is 4.79 Å². The van der Waals surface area contributed by atoms with Gasteiger partial charge in [0.1, 0.15) is 5.60 Å². The number of aromatic nitrogens is 2. The Kier molecular flexibility index (Phi) is 4.42. The highest BCUT2D eigenvalue weighted by molar-refractivity contribution is 5.68. The van der Waals surface area contributed by atoms with Crippen molar-refractivity contribution in [3.63, 3.8) is 0 Å². The van der Waals surface area contributed by atoms with Gasteiger partial charge in [0.15, 0.2) is 0 Å². The van der Waals surface area contributed by atoms with Gasteiger partial charge in [-0.1, -0.05) is 0 Å². The third-order valence-electron chi connectivity index (χ3n) is 2.93. The van der Waals surface area contributed by atoms with Gasteiger partial charge in [0.25, 0.3) is 0 Å². The molecule has 0 radical (unpaired) electrons. The third-order valence-corrected chi connectivity index (χ3v) is 2.93. The molecule has 0 spiro atoms. The van der Waals surface area contributed by atoms with E-state index in [1.807, 2.05) is 20.8 Å². The largest absolute Gasteiger partial charge is 0.463 e. The zero-order valence-corrected chi connectivity index (χ0v) is 12.2. The molecule has 1 aliphatic heterocycles. The van der Waals surface area contributed by atoms with E-state index in [-0.39, 0.29) is 6.09 Å². The summed E-state index contributed by atoms with van der Waals surface area (Å²) in [6.45, 7) is 7.49. The standard InChI is InChI=1S/C14H21N3O3/c1-14(2,3)20-13(18)17-8-5-11(9-17)10-19-12-15-6-4-7-16-12/h4,6-7,11H,5,8-10H2,1-3H3. The van der Waals surface area contributed by atoms with Gasteiger partial charge in [0.05, 0.1) is 6.61 Å². The van der Waals surface area contributed by atoms with E-state index in [9.17, 15) is 4.79 Å². The maximum atomic E-state index is 11.9. The van der Waals surface area contributed by atoms with Crippen molar-refractivity contribution < 1.29 is 14.3 Å². The van der Waals surface area contributed by atoms with Crippen LogP contribution in [0.1, 0.15) is 27.2 Å². The van der Waals surface area contributed by atoms with Gasteiger partial charge in [0.2, 0.25) is 0 Å². The second-order valence-electron chi connectivity index (χ2n) is 5.92. The number of ether oxygens (including phenoxy) is 2. The summed E-state index contributed by atoms with van der Waals surface area (Å²) in [6.07, 6.45) is 3.94. The smallest absolute Gasteiger partial charge is 0.410 e. The summed E-state index contributed by atoms with van der Waals surface area (Å²) >= 11 is 0. The van der Waals surface area contributed by atoms with Crippen LogP contribution >= 0.6 is 0 Å². The molecule has 1 unspecified atom stereocenters. The van der Waals surface area contributed by atoms with Gasteiger partial charge in [-0.2, -0.15) is 0 Å². The quantitative estimate of drug-likeness (QED) is 0.848. The number of rotatable bonds is 3. The monoisotopic (exact) mass is 279 g/mol. The van der Waals surface area contributed by atoms with E-state index in [2.05, 4.69) is 9.97 Å². The predicted octanol–water partition coefficient (Wildman–Crippen LogP) is 2.11. The lowest BCUT2D eigenvalue weighted by Gasteiger charge is -2.24. The predicted molar refractivity (Wildman–Crippen MR) is 73.4 cm³/mol. The van der Waals surface area contributed by atoms with Crippen molar-refractivity contribution >= 4 is 6.09 Å². The molecule has 0 N–H and O–H groups in total. The van der Waals surface area contributed by atoms with Crippen molar-refractivity contribution in [3.8, 4) is 6.01 Å². The zero-order valence-electron chi connectivity index (χ0n) is 12.2. The first kappa shape index (κ1) is 14.6. The van der Waals surface area contributed by atoms with Gasteiger partial charge in [-0.05, 0) is 33.3 Å². The Hall–Kier alpha value is -1.85. The molecule has 6 heteroatoms. The fraction of sp³-hybridized carbons (Fsp3) is 0.643. The molecule has 1 aliphatic rings. The molecule has 2 heterocycles. The highest BCUT2D eigenvalue weighted by Gasteiger charge is 2.30. The van der Waals surface area contributed by atoms with Crippen LogP contribution in [-0.4, -0.2) is 46.3 Å². The van der Waals surface area contributed by atoms with Crippen LogP contribution in [0.2, 0.25) is 0 Å². The number of amides is 1. The van der Waals surface area contributed by atoms with Crippen LogP contribution in [0.3, 0.4) is 0 Å². The maximum absolute atomic E-state index is 11.9. The molecule has 1 saturated heterocycles. The van der Waals surface area contributed by atoms with Gasteiger partial charge in [0, 0.05) is 31.4 Å². The van der Waals surface area contributed by atoms with Gasteiger partial charge in [-0.3, -0.25) is 0 Å². The number of hydrogen-bond acceptors (Lipinski definition) is 5. The summed E-state index contributed by atoms with van der Waals surface area (Å²) in [6, 6.07) is 2.12. The lowest BCUT2D eigenvalue weighted by Crippen LogP contribution is -2.35. The van der Waals surface area contributed by atoms with E-state index in [1.54, 1.807) is 23.4 Å². The Labute approximate surface area is 119 Å². The first-order valence-corrected chi connectivity index (χ1v) is 6.82. The summed E-state index contributed by atoms with van der Waals surface area (Å²) in [5.74, 6) is 0.298. The van der Waals surface area contributed by atoms with Crippen LogP contribution in [-0.2, 0) is 4.74 Å². The molecule has 2 rings (SSSR count). The molecule has 1 fully saturated rings. The molecular weight excluding hydrogens is 258 g/mol. The molecule has 1 aromatic heterocycles. The van der Waals surface area contributed by atoms with E-state index in [1.165, 1.54) is 0 Å². The summed E-state index contributed by atoms with van der Waals surface area (Å²) in [5, 5.41) is 0. The van der Waals surface area contributed by atoms with Gasteiger partial charge < -0.3 is 14.4 Å². The van der Waals surface area contributed by atoms with Crippen LogP contribution in [0.25, 0.3) is 0 Å². The minimum absolute atomic E-state index is 0.254. The summed E-state index contributed by atoms with van der Waals surface area (Å²) < 4.78 is 10.9. The molecule has 0 saturated carbocycles. The first-order valence-electron chi connectivity index (χ1n) is 6.82. The van der Waals surface area contributed by atoms with Gasteiger partial charge in [-0.25, -0.2) is 14.8 Å². The van der Waals surface area contributed by atoms with E-state index in [0.717, 1.165) is 6.42 Å². The van der Waals surface area contributed by atoms with Crippen LogP contribution < -0.4 is 4.74 Å². The Morgan fingerprint density at radius 3 is 2.75 bits per heavy atom. The maximum Gasteiger partial charge on any atom is 0.410 e. The topological polar surface area (TPSA) is 64.5 Å². The SMILES string of the molecule is CC(C)(C)OC(=O)N1CCC(COc2ncccn2)C1. The number of carbonyl (C=O) groups excluding carboxylic acids is 1. The van der Waals surface area contributed by atoms with Crippen molar-refractivity contribution in [1.29, 1.82) is 0 Å². The van der Waals surface area contributed by atoms with Gasteiger partial charge in [-0.15, -0.1) is 0 Å². The lowest BCUT2D eigenvalue weighted by molar-refractivity contribution is 0.0284. The molecule has 110 valence electrons. The van der Waals surface area contributed by atoms with E-state index < -0.39 is 5.60 Å². The molecule has 20 heavy (non-hydrogen) atoms. The molecule has 0 aliphatic carbocycles. The average molecular weight is 279 g/mol. The minimum atomic E-state index is -0.455. The van der Waals surface area contributed by atoms with Crippen molar-refractivity contribution in [2.45, 2.75) is 32.8 Å². The molecular formula is C14H21N3O3. The molecule has 6 nitrogen and oxygen atoms in total. The van der Waals surface area contributed by atoms with Crippen molar-refractivity contribution in [3.05, 3.63) is 18.5 Å². The molecule has 1 aromatic rings. The van der Waals surface area contributed by atoms with E-state index >= 15 is 0 Å². The first-order chi connectivity index (χ1) is 9.44. The van der Waals surface area contributed by atoms with Crippen molar-refractivity contribution in [2.24, 2.45) is 5.92 Å². The Bertz CT molecular complexity index is 445. The molecule has 1 atom stereocenters. The summed E-state index contributed by atoms with van der Waals surface area (Å²) in [4.78, 5) is 21.7. The normalized spacial score (nSPS) is 18.9. The Morgan fingerprint density at radius 1 is 1.40 bits per heavy atom. The molecule has 0 aromatic carbocycles. The average Bonchev–Trinajstić information content (AvgIpc) is 2.84. The Balaban J connectivity index is 1.76. The van der Waals surface area contributed by atoms with Crippen molar-refractivity contribution in [1.82, 2.24) is 14.9 Å². The zero-order chi connectivity index (χ0) is 14.6. The third kappa shape index (κ3) is 4.36. The fourth-order valence-corrected chi connectivity index (χ4v) is 2.01. The highest BCUT2D eigenvalue weighted by Crippen LogP contribution is 2.20. The van der Waals surface area contributed by atoms with E-state index in [0.29, 0.717) is 31.6 Å². The fourth-order valence-electron chi connectivity index (χ4n) is 2.01. The number of nitrogens with zero attached hydrogens (tertiary/aromatic N) is 3. The molecule has 1 amide bonds. The summed E-state index contributed by atoms with van der Waals surface area (Å²) in [7, 11) is 0. The van der Waals surface area contributed by atoms with Crippen LogP contribution in [0.5, 0.6) is 6.01 Å².